The molecule has 0 spiro atoms. The lowest BCUT2D eigenvalue weighted by atomic mass is 10.1. The van der Waals surface area contributed by atoms with E-state index in [4.69, 9.17) is 14.2 Å². The molecule has 0 saturated carbocycles. The molecule has 248 valence electrons. The standard InChI is InChI=1S/C33H50N6O6/c1-23-18-38(26(19-37-14-15-44-22-24(37)2)20-39(23)32(42)45-33(3,4)5)21-30(40)35-10-12-36(13-11-35)31(41)29-16-25-8-9-27(43-7)17-28(25)34(29)6/h8-9,16-17,23-24,26H,10-15,18-22H2,1-7H3/t23-,24?,26+/m1/s1. The summed E-state index contributed by atoms with van der Waals surface area (Å²) in [4.78, 5) is 50.5. The average molecular weight is 627 g/mol. The van der Waals surface area contributed by atoms with Crippen molar-refractivity contribution in [3.8, 4) is 5.75 Å². The van der Waals surface area contributed by atoms with E-state index in [1.807, 2.05) is 78.3 Å². The molecule has 1 aromatic carbocycles. The second kappa shape index (κ2) is 13.6. The molecule has 3 aliphatic heterocycles. The van der Waals surface area contributed by atoms with E-state index in [1.54, 1.807) is 7.11 Å². The number of morpholine rings is 1. The summed E-state index contributed by atoms with van der Waals surface area (Å²) in [5.74, 6) is 0.764. The van der Waals surface area contributed by atoms with Crippen LogP contribution in [0.25, 0.3) is 10.9 Å². The first kappa shape index (κ1) is 33.0. The SMILES string of the molecule is COc1ccc2cc(C(=O)N3CCN(C(=O)CN4C[C@@H](C)N(C(=O)OC(C)(C)C)C[C@@H]4CN4CCOCC4C)CC3)n(C)c2c1. The first-order chi connectivity index (χ1) is 21.3. The summed E-state index contributed by atoms with van der Waals surface area (Å²) in [5.41, 5.74) is 0.978. The van der Waals surface area contributed by atoms with Crippen LogP contribution in [0.15, 0.2) is 24.3 Å². The summed E-state index contributed by atoms with van der Waals surface area (Å²) in [5, 5.41) is 0.984. The van der Waals surface area contributed by atoms with Gasteiger partial charge in [-0.05, 0) is 52.8 Å². The van der Waals surface area contributed by atoms with Gasteiger partial charge in [-0.15, -0.1) is 0 Å². The lowest BCUT2D eigenvalue weighted by molar-refractivity contribution is -0.136. The topological polar surface area (TPSA) is 100 Å². The molecular formula is C33H50N6O6. The number of fused-ring (bicyclic) bond motifs is 1. The van der Waals surface area contributed by atoms with Crippen LogP contribution in [0.2, 0.25) is 0 Å². The third-order valence-corrected chi connectivity index (χ3v) is 9.26. The predicted molar refractivity (Wildman–Crippen MR) is 172 cm³/mol. The Hall–Kier alpha value is -3.35. The molecule has 5 rings (SSSR count). The Bertz CT molecular complexity index is 1380. The van der Waals surface area contributed by atoms with Gasteiger partial charge in [-0.25, -0.2) is 4.79 Å². The zero-order valence-corrected chi connectivity index (χ0v) is 28.0. The van der Waals surface area contributed by atoms with Crippen LogP contribution in [0, 0.1) is 0 Å². The Labute approximate surface area is 266 Å². The van der Waals surface area contributed by atoms with Crippen LogP contribution < -0.4 is 4.74 Å². The van der Waals surface area contributed by atoms with Crippen molar-refractivity contribution >= 4 is 28.8 Å². The summed E-state index contributed by atoms with van der Waals surface area (Å²) < 4.78 is 18.7. The van der Waals surface area contributed by atoms with Gasteiger partial charge in [0.2, 0.25) is 5.91 Å². The fourth-order valence-corrected chi connectivity index (χ4v) is 6.59. The van der Waals surface area contributed by atoms with Crippen LogP contribution in [0.1, 0.15) is 45.1 Å². The Balaban J connectivity index is 1.22. The van der Waals surface area contributed by atoms with Crippen LogP contribution in [0.4, 0.5) is 4.79 Å². The molecule has 3 fully saturated rings. The number of rotatable bonds is 6. The van der Waals surface area contributed by atoms with Gasteiger partial charge >= 0.3 is 6.09 Å². The molecule has 1 aromatic heterocycles. The van der Waals surface area contributed by atoms with Crippen LogP contribution in [-0.2, 0) is 21.3 Å². The lowest BCUT2D eigenvalue weighted by Crippen LogP contribution is -2.64. The van der Waals surface area contributed by atoms with Crippen molar-refractivity contribution in [2.24, 2.45) is 7.05 Å². The Kier molecular flexibility index (Phi) is 9.95. The quantitative estimate of drug-likeness (QED) is 0.483. The summed E-state index contributed by atoms with van der Waals surface area (Å²) in [6.45, 7) is 16.0. The van der Waals surface area contributed by atoms with Gasteiger partial charge in [-0.1, -0.05) is 0 Å². The number of nitrogens with zero attached hydrogens (tertiary/aromatic N) is 6. The van der Waals surface area contributed by atoms with Crippen molar-refractivity contribution in [3.63, 3.8) is 0 Å². The number of methoxy groups -OCH3 is 1. The van der Waals surface area contributed by atoms with Crippen molar-refractivity contribution in [1.82, 2.24) is 29.1 Å². The smallest absolute Gasteiger partial charge is 0.410 e. The number of ether oxygens (including phenoxy) is 3. The van der Waals surface area contributed by atoms with Gasteiger partial charge in [-0.2, -0.15) is 0 Å². The molecule has 3 saturated heterocycles. The summed E-state index contributed by atoms with van der Waals surface area (Å²) in [6.07, 6.45) is -0.313. The van der Waals surface area contributed by atoms with Crippen LogP contribution in [-0.4, -0.2) is 150 Å². The second-order valence-electron chi connectivity index (χ2n) is 13.7. The predicted octanol–water partition coefficient (Wildman–Crippen LogP) is 2.50. The molecule has 12 heteroatoms. The Morgan fingerprint density at radius 2 is 1.64 bits per heavy atom. The number of amides is 3. The van der Waals surface area contributed by atoms with Crippen molar-refractivity contribution in [1.29, 1.82) is 0 Å². The molecule has 0 aliphatic carbocycles. The zero-order valence-electron chi connectivity index (χ0n) is 28.0. The first-order valence-electron chi connectivity index (χ1n) is 16.1. The number of hydrogen-bond acceptors (Lipinski definition) is 8. The van der Waals surface area contributed by atoms with E-state index < -0.39 is 5.60 Å². The third kappa shape index (κ3) is 7.56. The Morgan fingerprint density at radius 3 is 2.31 bits per heavy atom. The van der Waals surface area contributed by atoms with E-state index in [-0.39, 0.29) is 42.6 Å². The molecule has 3 aliphatic rings. The molecular weight excluding hydrogens is 576 g/mol. The minimum absolute atomic E-state index is 0.0221. The number of aromatic nitrogens is 1. The highest BCUT2D eigenvalue weighted by Crippen LogP contribution is 2.25. The minimum atomic E-state index is -0.580. The fourth-order valence-electron chi connectivity index (χ4n) is 6.59. The number of aryl methyl sites for hydroxylation is 1. The van der Waals surface area contributed by atoms with Crippen molar-refractivity contribution in [3.05, 3.63) is 30.0 Å². The van der Waals surface area contributed by atoms with E-state index >= 15 is 0 Å². The maximum atomic E-state index is 13.7. The molecule has 45 heavy (non-hydrogen) atoms. The van der Waals surface area contributed by atoms with Gasteiger partial charge in [0.1, 0.15) is 17.0 Å². The molecule has 0 bridgehead atoms. The summed E-state index contributed by atoms with van der Waals surface area (Å²) in [6, 6.07) is 7.85. The van der Waals surface area contributed by atoms with Crippen molar-refractivity contribution in [2.75, 3.05) is 79.2 Å². The molecule has 0 radical (unpaired) electrons. The van der Waals surface area contributed by atoms with Crippen LogP contribution >= 0.6 is 0 Å². The molecule has 4 heterocycles. The van der Waals surface area contributed by atoms with Crippen molar-refractivity contribution < 1.29 is 28.6 Å². The number of benzene rings is 1. The number of carbonyl (C=O) groups is 3. The maximum Gasteiger partial charge on any atom is 0.410 e. The van der Waals surface area contributed by atoms with Gasteiger partial charge in [0.25, 0.3) is 5.91 Å². The highest BCUT2D eigenvalue weighted by atomic mass is 16.6. The largest absolute Gasteiger partial charge is 0.497 e. The average Bonchev–Trinajstić information content (AvgIpc) is 3.33. The van der Waals surface area contributed by atoms with E-state index in [9.17, 15) is 14.4 Å². The van der Waals surface area contributed by atoms with E-state index in [0.29, 0.717) is 58.2 Å². The van der Waals surface area contributed by atoms with Gasteiger partial charge in [0, 0.05) is 89.0 Å². The molecule has 2 aromatic rings. The highest BCUT2D eigenvalue weighted by Gasteiger charge is 2.39. The molecule has 0 N–H and O–H groups in total. The second-order valence-corrected chi connectivity index (χ2v) is 13.7. The van der Waals surface area contributed by atoms with Gasteiger partial charge in [0.05, 0.1) is 32.4 Å². The number of piperazine rings is 2. The zero-order chi connectivity index (χ0) is 32.5. The number of hydrogen-bond donors (Lipinski definition) is 0. The maximum absolute atomic E-state index is 13.7. The van der Waals surface area contributed by atoms with Gasteiger partial charge in [-0.3, -0.25) is 19.4 Å². The fraction of sp³-hybridized carbons (Fsp3) is 0.667. The minimum Gasteiger partial charge on any atom is -0.497 e. The van der Waals surface area contributed by atoms with Crippen molar-refractivity contribution in [2.45, 2.75) is 58.3 Å². The molecule has 3 atom stereocenters. The molecule has 12 nitrogen and oxygen atoms in total. The first-order valence-corrected chi connectivity index (χ1v) is 16.1. The normalized spacial score (nSPS) is 23.8. The third-order valence-electron chi connectivity index (χ3n) is 9.26. The highest BCUT2D eigenvalue weighted by molar-refractivity contribution is 5.99. The lowest BCUT2D eigenvalue weighted by Gasteiger charge is -2.48. The summed E-state index contributed by atoms with van der Waals surface area (Å²) >= 11 is 0. The number of carbonyl (C=O) groups excluding carboxylic acids is 3. The summed E-state index contributed by atoms with van der Waals surface area (Å²) in [7, 11) is 3.53. The van der Waals surface area contributed by atoms with E-state index in [2.05, 4.69) is 16.7 Å². The molecule has 3 amide bonds. The monoisotopic (exact) mass is 626 g/mol. The molecule has 1 unspecified atom stereocenters. The van der Waals surface area contributed by atoms with Crippen LogP contribution in [0.5, 0.6) is 5.75 Å². The van der Waals surface area contributed by atoms with E-state index in [1.165, 1.54) is 0 Å². The van der Waals surface area contributed by atoms with Gasteiger partial charge < -0.3 is 33.5 Å². The van der Waals surface area contributed by atoms with Crippen LogP contribution in [0.3, 0.4) is 0 Å². The van der Waals surface area contributed by atoms with Gasteiger partial charge in [0.15, 0.2) is 0 Å². The van der Waals surface area contributed by atoms with E-state index in [0.717, 1.165) is 29.7 Å². The Morgan fingerprint density at radius 1 is 0.933 bits per heavy atom.